The molecular formula is C44H42N2O2. The average molecular weight is 631 g/mol. The minimum Gasteiger partial charge on any atom is -0.392 e. The Morgan fingerprint density at radius 3 is 0.875 bits per heavy atom. The van der Waals surface area contributed by atoms with Gasteiger partial charge in [0.25, 0.3) is 0 Å². The first-order valence-electron chi connectivity index (χ1n) is 16.7. The van der Waals surface area contributed by atoms with Crippen LogP contribution in [0.4, 0.5) is 34.1 Å². The Labute approximate surface area is 284 Å². The van der Waals surface area contributed by atoms with Crippen molar-refractivity contribution in [1.82, 2.24) is 0 Å². The van der Waals surface area contributed by atoms with E-state index in [2.05, 4.69) is 159 Å². The van der Waals surface area contributed by atoms with Crippen LogP contribution in [-0.4, -0.2) is 22.4 Å². The highest BCUT2D eigenvalue weighted by atomic mass is 16.3. The Balaban J connectivity index is 1.13. The Hall–Kier alpha value is -5.16. The van der Waals surface area contributed by atoms with E-state index in [9.17, 15) is 10.2 Å². The van der Waals surface area contributed by atoms with Crippen LogP contribution < -0.4 is 9.80 Å². The summed E-state index contributed by atoms with van der Waals surface area (Å²) >= 11 is 0. The fraction of sp³-hybridized carbons (Fsp3) is 0.182. The minimum atomic E-state index is -0.689. The van der Waals surface area contributed by atoms with Crippen LogP contribution in [0.3, 0.4) is 0 Å². The van der Waals surface area contributed by atoms with E-state index in [1.165, 1.54) is 22.3 Å². The molecule has 1 saturated carbocycles. The fourth-order valence-corrected chi connectivity index (χ4v) is 7.15. The van der Waals surface area contributed by atoms with Crippen LogP contribution in [0.1, 0.15) is 45.2 Å². The highest BCUT2D eigenvalue weighted by molar-refractivity contribution is 5.78. The van der Waals surface area contributed by atoms with Gasteiger partial charge in [0, 0.05) is 46.0 Å². The van der Waals surface area contributed by atoms with Crippen LogP contribution in [0.2, 0.25) is 0 Å². The van der Waals surface area contributed by atoms with Gasteiger partial charge in [-0.15, -0.1) is 0 Å². The lowest BCUT2D eigenvalue weighted by molar-refractivity contribution is -0.0785. The van der Waals surface area contributed by atoms with Crippen molar-refractivity contribution in [2.75, 3.05) is 9.80 Å². The standard InChI is InChI=1S/C44H42N2O2/c1-29-9-5-13-37(25-29)45(38-14-6-10-30(2)26-38)35-21-17-33(18-22-35)41-43(47)42(44(41)48)34-19-23-36(24-20-34)46(39-15-7-11-31(3)27-39)40-16-8-12-32(4)28-40/h5-28,41-44,47-48H,1-4H3. The predicted molar refractivity (Wildman–Crippen MR) is 199 cm³/mol. The van der Waals surface area contributed by atoms with Crippen LogP contribution >= 0.6 is 0 Å². The van der Waals surface area contributed by atoms with E-state index in [1.807, 2.05) is 24.3 Å². The summed E-state index contributed by atoms with van der Waals surface area (Å²) in [5, 5.41) is 22.9. The number of anilines is 6. The maximum Gasteiger partial charge on any atom is 0.0727 e. The van der Waals surface area contributed by atoms with Gasteiger partial charge >= 0.3 is 0 Å². The van der Waals surface area contributed by atoms with E-state index < -0.39 is 12.2 Å². The summed E-state index contributed by atoms with van der Waals surface area (Å²) in [5.74, 6) is -0.711. The van der Waals surface area contributed by atoms with Crippen molar-refractivity contribution in [3.8, 4) is 0 Å². The number of hydrogen-bond donors (Lipinski definition) is 2. The fourth-order valence-electron chi connectivity index (χ4n) is 7.15. The van der Waals surface area contributed by atoms with Gasteiger partial charge in [-0.05, 0) is 134 Å². The number of aryl methyl sites for hydroxylation is 4. The van der Waals surface area contributed by atoms with Gasteiger partial charge in [-0.2, -0.15) is 0 Å². The lowest BCUT2D eigenvalue weighted by atomic mass is 9.63. The van der Waals surface area contributed by atoms with E-state index in [-0.39, 0.29) is 11.8 Å². The van der Waals surface area contributed by atoms with Crippen LogP contribution in [0.25, 0.3) is 0 Å². The Morgan fingerprint density at radius 1 is 0.354 bits per heavy atom. The quantitative estimate of drug-likeness (QED) is 0.176. The summed E-state index contributed by atoms with van der Waals surface area (Å²) in [6.45, 7) is 8.42. The van der Waals surface area contributed by atoms with Crippen LogP contribution in [0, 0.1) is 27.7 Å². The first kappa shape index (κ1) is 31.4. The molecule has 0 atom stereocenters. The van der Waals surface area contributed by atoms with Crippen molar-refractivity contribution >= 4 is 34.1 Å². The summed E-state index contributed by atoms with van der Waals surface area (Å²) < 4.78 is 0. The summed E-state index contributed by atoms with van der Waals surface area (Å²) in [6, 6.07) is 50.5. The molecule has 0 aliphatic heterocycles. The highest BCUT2D eigenvalue weighted by Crippen LogP contribution is 2.49. The van der Waals surface area contributed by atoms with E-state index in [1.54, 1.807) is 0 Å². The van der Waals surface area contributed by atoms with Crippen molar-refractivity contribution in [1.29, 1.82) is 0 Å². The molecule has 0 amide bonds. The normalized spacial score (nSPS) is 18.6. The summed E-state index contributed by atoms with van der Waals surface area (Å²) in [6.07, 6.45) is -1.38. The van der Waals surface area contributed by atoms with Gasteiger partial charge in [0.05, 0.1) is 12.2 Å². The molecule has 1 fully saturated rings. The molecule has 7 rings (SSSR count). The molecule has 0 unspecified atom stereocenters. The lowest BCUT2D eigenvalue weighted by Gasteiger charge is -2.47. The van der Waals surface area contributed by atoms with E-state index in [0.717, 1.165) is 45.3 Å². The van der Waals surface area contributed by atoms with E-state index in [4.69, 9.17) is 0 Å². The molecular weight excluding hydrogens is 588 g/mol. The number of rotatable bonds is 8. The number of benzene rings is 6. The molecule has 2 N–H and O–H groups in total. The maximum absolute atomic E-state index is 11.5. The van der Waals surface area contributed by atoms with Gasteiger partial charge in [0.15, 0.2) is 0 Å². The molecule has 4 heteroatoms. The molecule has 48 heavy (non-hydrogen) atoms. The predicted octanol–water partition coefficient (Wildman–Crippen LogP) is 10.5. The van der Waals surface area contributed by atoms with E-state index in [0.29, 0.717) is 0 Å². The second-order valence-corrected chi connectivity index (χ2v) is 13.2. The molecule has 0 heterocycles. The summed E-state index contributed by atoms with van der Waals surface area (Å²) in [7, 11) is 0. The smallest absolute Gasteiger partial charge is 0.0727 e. The largest absolute Gasteiger partial charge is 0.392 e. The molecule has 240 valence electrons. The van der Waals surface area contributed by atoms with Crippen molar-refractivity contribution in [2.24, 2.45) is 0 Å². The molecule has 0 radical (unpaired) electrons. The Morgan fingerprint density at radius 2 is 0.625 bits per heavy atom. The maximum atomic E-state index is 11.5. The number of nitrogens with zero attached hydrogens (tertiary/aromatic N) is 2. The van der Waals surface area contributed by atoms with Gasteiger partial charge in [-0.25, -0.2) is 0 Å². The molecule has 1 aliphatic rings. The van der Waals surface area contributed by atoms with Crippen molar-refractivity contribution < 1.29 is 10.2 Å². The van der Waals surface area contributed by atoms with Crippen molar-refractivity contribution in [2.45, 2.75) is 51.7 Å². The minimum absolute atomic E-state index is 0.355. The molecule has 0 spiro atoms. The number of aliphatic hydroxyl groups excluding tert-OH is 2. The van der Waals surface area contributed by atoms with Gasteiger partial charge in [-0.1, -0.05) is 72.8 Å². The highest BCUT2D eigenvalue weighted by Gasteiger charge is 2.50. The molecule has 0 aromatic heterocycles. The first-order valence-corrected chi connectivity index (χ1v) is 16.7. The third-order valence-electron chi connectivity index (χ3n) is 9.58. The van der Waals surface area contributed by atoms with Crippen LogP contribution in [0.5, 0.6) is 0 Å². The molecule has 1 aliphatic carbocycles. The third-order valence-corrected chi connectivity index (χ3v) is 9.58. The second-order valence-electron chi connectivity index (χ2n) is 13.2. The van der Waals surface area contributed by atoms with Crippen LogP contribution in [0.15, 0.2) is 146 Å². The zero-order chi connectivity index (χ0) is 33.4. The Bertz CT molecular complexity index is 1790. The average Bonchev–Trinajstić information content (AvgIpc) is 3.07. The summed E-state index contributed by atoms with van der Waals surface area (Å²) in [5.41, 5.74) is 13.0. The lowest BCUT2D eigenvalue weighted by Crippen LogP contribution is -2.51. The second kappa shape index (κ2) is 13.2. The molecule has 0 bridgehead atoms. The van der Waals surface area contributed by atoms with Gasteiger partial charge in [0.1, 0.15) is 0 Å². The topological polar surface area (TPSA) is 46.9 Å². The van der Waals surface area contributed by atoms with Gasteiger partial charge in [0.2, 0.25) is 0 Å². The van der Waals surface area contributed by atoms with Gasteiger partial charge < -0.3 is 20.0 Å². The van der Waals surface area contributed by atoms with Crippen LogP contribution in [-0.2, 0) is 0 Å². The third kappa shape index (κ3) is 6.13. The monoisotopic (exact) mass is 630 g/mol. The molecule has 6 aromatic rings. The molecule has 6 aromatic carbocycles. The SMILES string of the molecule is Cc1cccc(N(c2ccc(C3C(O)C(c4ccc(N(c5cccc(C)c5)c5cccc(C)c5)cc4)C3O)cc2)c2cccc(C)c2)c1. The number of aliphatic hydroxyl groups is 2. The zero-order valence-electron chi connectivity index (χ0n) is 28.0. The van der Waals surface area contributed by atoms with E-state index >= 15 is 0 Å². The van der Waals surface area contributed by atoms with Gasteiger partial charge in [-0.3, -0.25) is 0 Å². The van der Waals surface area contributed by atoms with Crippen molar-refractivity contribution in [3.05, 3.63) is 179 Å². The van der Waals surface area contributed by atoms with Crippen molar-refractivity contribution in [3.63, 3.8) is 0 Å². The molecule has 0 saturated heterocycles. The zero-order valence-corrected chi connectivity index (χ0v) is 28.0. The first-order chi connectivity index (χ1) is 23.3. The Kier molecular flexibility index (Phi) is 8.62. The molecule has 4 nitrogen and oxygen atoms in total. The summed E-state index contributed by atoms with van der Waals surface area (Å²) in [4.78, 5) is 4.50. The number of hydrogen-bond acceptors (Lipinski definition) is 4.